The van der Waals surface area contributed by atoms with E-state index < -0.39 is 11.6 Å². The Morgan fingerprint density at radius 3 is 2.22 bits per heavy atom. The number of benzene rings is 3. The highest BCUT2D eigenvalue weighted by atomic mass is 35.5. The molecular weight excluding hydrogens is 586 g/mol. The van der Waals surface area contributed by atoms with Gasteiger partial charge >= 0.3 is 5.97 Å². The summed E-state index contributed by atoms with van der Waals surface area (Å²) < 4.78 is 0. The Labute approximate surface area is 270 Å². The molecule has 2 N–H and O–H groups in total. The number of halogens is 1. The first-order chi connectivity index (χ1) is 21.6. The van der Waals surface area contributed by atoms with Gasteiger partial charge < -0.3 is 15.3 Å². The lowest BCUT2D eigenvalue weighted by Gasteiger charge is -2.44. The van der Waals surface area contributed by atoms with Crippen molar-refractivity contribution >= 4 is 35.1 Å². The van der Waals surface area contributed by atoms with Crippen molar-refractivity contribution in [1.82, 2.24) is 10.2 Å². The van der Waals surface area contributed by atoms with Gasteiger partial charge in [0.2, 0.25) is 0 Å². The van der Waals surface area contributed by atoms with E-state index in [-0.39, 0.29) is 30.8 Å². The molecular formula is C37H42ClN3O4. The fraction of sp³-hybridized carbons (Fsp3) is 0.405. The van der Waals surface area contributed by atoms with Gasteiger partial charge in [-0.15, -0.1) is 0 Å². The van der Waals surface area contributed by atoms with E-state index in [0.29, 0.717) is 22.2 Å². The van der Waals surface area contributed by atoms with Gasteiger partial charge in [-0.05, 0) is 97.9 Å². The van der Waals surface area contributed by atoms with Gasteiger partial charge in [-0.1, -0.05) is 74.3 Å². The van der Waals surface area contributed by atoms with Crippen molar-refractivity contribution in [3.05, 3.63) is 94.0 Å². The lowest BCUT2D eigenvalue weighted by molar-refractivity contribution is -0.137. The molecule has 1 atom stereocenters. The number of hydrogen-bond donors (Lipinski definition) is 2. The van der Waals surface area contributed by atoms with E-state index >= 15 is 0 Å². The molecule has 1 heterocycles. The van der Waals surface area contributed by atoms with E-state index in [4.69, 9.17) is 21.7 Å². The molecule has 0 aromatic heterocycles. The summed E-state index contributed by atoms with van der Waals surface area (Å²) in [5.74, 6) is -0.869. The number of aliphatic carboxylic acids is 1. The van der Waals surface area contributed by atoms with Gasteiger partial charge in [-0.25, -0.2) is 0 Å². The topological polar surface area (TPSA) is 99.1 Å². The largest absolute Gasteiger partial charge is 0.481 e. The molecule has 1 aliphatic heterocycles. The molecule has 1 fully saturated rings. The summed E-state index contributed by atoms with van der Waals surface area (Å²) in [6, 6.07) is 21.2. The monoisotopic (exact) mass is 627 g/mol. The number of carboxylic acids is 1. The molecule has 1 aliphatic carbocycles. The summed E-state index contributed by atoms with van der Waals surface area (Å²) in [5.41, 5.74) is 5.30. The Balaban J connectivity index is 1.46. The maximum atomic E-state index is 14.5. The first kappa shape index (κ1) is 32.4. The van der Waals surface area contributed by atoms with Crippen LogP contribution in [0.5, 0.6) is 0 Å². The minimum absolute atomic E-state index is 0.0486. The molecule has 8 heteroatoms. The second kappa shape index (κ2) is 14.0. The average Bonchev–Trinajstić information content (AvgIpc) is 3.28. The molecule has 0 saturated heterocycles. The number of carbonyl (C=O) groups excluding carboxylic acids is 2. The Hall–Kier alpha value is -3.97. The Morgan fingerprint density at radius 1 is 0.933 bits per heavy atom. The Kier molecular flexibility index (Phi) is 10.1. The van der Waals surface area contributed by atoms with Crippen LogP contribution >= 0.6 is 11.6 Å². The highest BCUT2D eigenvalue weighted by Crippen LogP contribution is 2.46. The van der Waals surface area contributed by atoms with Gasteiger partial charge in [0.15, 0.2) is 0 Å². The third kappa shape index (κ3) is 7.47. The molecule has 0 radical (unpaired) electrons. The fourth-order valence-corrected chi connectivity index (χ4v) is 6.89. The Bertz CT molecular complexity index is 1550. The van der Waals surface area contributed by atoms with Crippen LogP contribution in [0, 0.1) is 12.8 Å². The zero-order valence-corrected chi connectivity index (χ0v) is 27.1. The molecule has 1 unspecified atom stereocenters. The minimum atomic E-state index is -0.959. The molecule has 3 aromatic carbocycles. The van der Waals surface area contributed by atoms with Crippen molar-refractivity contribution in [1.29, 1.82) is 0 Å². The van der Waals surface area contributed by atoms with Crippen molar-refractivity contribution in [2.24, 2.45) is 10.9 Å². The van der Waals surface area contributed by atoms with Crippen LogP contribution in [0.15, 0.2) is 71.7 Å². The van der Waals surface area contributed by atoms with Crippen molar-refractivity contribution in [3.63, 3.8) is 0 Å². The maximum absolute atomic E-state index is 14.5. The van der Waals surface area contributed by atoms with Crippen LogP contribution in [0.4, 0.5) is 0 Å². The van der Waals surface area contributed by atoms with Gasteiger partial charge in [0.1, 0.15) is 11.4 Å². The van der Waals surface area contributed by atoms with Gasteiger partial charge in [0.25, 0.3) is 11.8 Å². The van der Waals surface area contributed by atoms with Crippen molar-refractivity contribution in [2.45, 2.75) is 83.8 Å². The zero-order valence-electron chi connectivity index (χ0n) is 26.3. The molecule has 45 heavy (non-hydrogen) atoms. The van der Waals surface area contributed by atoms with E-state index in [1.165, 1.54) is 0 Å². The SMILES string of the molecule is Cc1cc(Cl)cc(-c2ccc(C3=NC4(CCCCC4)N(C(CCC(C)C)c4ccc(C(=O)NCCC(=O)O)cc4)C3=O)cc2)c1. The number of aliphatic imine (C=N–C) groups is 1. The molecule has 1 spiro atoms. The number of amides is 2. The molecule has 2 aliphatic rings. The predicted octanol–water partition coefficient (Wildman–Crippen LogP) is 7.99. The predicted molar refractivity (Wildman–Crippen MR) is 179 cm³/mol. The third-order valence-electron chi connectivity index (χ3n) is 8.89. The number of rotatable bonds is 11. The van der Waals surface area contributed by atoms with Crippen LogP contribution < -0.4 is 5.32 Å². The molecule has 236 valence electrons. The normalized spacial score (nSPS) is 16.6. The van der Waals surface area contributed by atoms with E-state index in [2.05, 4.69) is 30.1 Å². The highest BCUT2D eigenvalue weighted by molar-refractivity contribution is 6.46. The van der Waals surface area contributed by atoms with Crippen molar-refractivity contribution < 1.29 is 19.5 Å². The number of carbonyl (C=O) groups is 3. The molecule has 1 saturated carbocycles. The average molecular weight is 628 g/mol. The Morgan fingerprint density at radius 2 is 1.60 bits per heavy atom. The zero-order chi connectivity index (χ0) is 32.1. The van der Waals surface area contributed by atoms with E-state index in [9.17, 15) is 14.4 Å². The number of nitrogens with one attached hydrogen (secondary N) is 1. The lowest BCUT2D eigenvalue weighted by Crippen LogP contribution is -2.50. The summed E-state index contributed by atoms with van der Waals surface area (Å²) in [5, 5.41) is 12.2. The molecule has 5 rings (SSSR count). The van der Waals surface area contributed by atoms with E-state index in [1.54, 1.807) is 12.1 Å². The second-order valence-corrected chi connectivity index (χ2v) is 13.2. The summed E-state index contributed by atoms with van der Waals surface area (Å²) >= 11 is 6.32. The minimum Gasteiger partial charge on any atom is -0.481 e. The summed E-state index contributed by atoms with van der Waals surface area (Å²) in [7, 11) is 0. The smallest absolute Gasteiger partial charge is 0.305 e. The quantitative estimate of drug-likeness (QED) is 0.225. The summed E-state index contributed by atoms with van der Waals surface area (Å²) in [6.07, 6.45) is 6.39. The van der Waals surface area contributed by atoms with Crippen LogP contribution in [0.1, 0.15) is 98.3 Å². The van der Waals surface area contributed by atoms with Gasteiger partial charge in [-0.2, -0.15) is 0 Å². The highest BCUT2D eigenvalue weighted by Gasteiger charge is 2.50. The summed E-state index contributed by atoms with van der Waals surface area (Å²) in [4.78, 5) is 45.3. The second-order valence-electron chi connectivity index (χ2n) is 12.8. The van der Waals surface area contributed by atoms with Crippen LogP contribution in [-0.4, -0.2) is 45.7 Å². The molecule has 3 aromatic rings. The molecule has 7 nitrogen and oxygen atoms in total. The number of nitrogens with zero attached hydrogens (tertiary/aromatic N) is 2. The number of hydrogen-bond acceptors (Lipinski definition) is 4. The van der Waals surface area contributed by atoms with Crippen molar-refractivity contribution in [3.8, 4) is 11.1 Å². The molecule has 2 amide bonds. The van der Waals surface area contributed by atoms with Crippen LogP contribution in [-0.2, 0) is 9.59 Å². The standard InChI is InChI=1S/C37H42ClN3O4/c1-24(2)7-16-32(27-10-14-29(15-11-27)35(44)39-20-17-33(42)43)41-36(45)34(40-37(41)18-5-4-6-19-37)28-12-8-26(9-13-28)30-21-25(3)22-31(38)23-30/h8-15,21-24,32H,4-7,16-20H2,1-3H3,(H,39,44)(H,42,43). The lowest BCUT2D eigenvalue weighted by atomic mass is 9.85. The molecule has 0 bridgehead atoms. The van der Waals surface area contributed by atoms with Gasteiger partial charge in [0, 0.05) is 22.7 Å². The van der Waals surface area contributed by atoms with Crippen LogP contribution in [0.3, 0.4) is 0 Å². The van der Waals surface area contributed by atoms with E-state index in [1.807, 2.05) is 55.5 Å². The van der Waals surface area contributed by atoms with Gasteiger partial charge in [0.05, 0.1) is 12.5 Å². The summed E-state index contributed by atoms with van der Waals surface area (Å²) in [6.45, 7) is 6.47. The maximum Gasteiger partial charge on any atom is 0.305 e. The van der Waals surface area contributed by atoms with E-state index in [0.717, 1.165) is 72.8 Å². The van der Waals surface area contributed by atoms with Crippen LogP contribution in [0.2, 0.25) is 5.02 Å². The number of carboxylic acid groups (broad SMARTS) is 1. The van der Waals surface area contributed by atoms with Gasteiger partial charge in [-0.3, -0.25) is 19.4 Å². The van der Waals surface area contributed by atoms with Crippen molar-refractivity contribution in [2.75, 3.05) is 6.54 Å². The first-order valence-corrected chi connectivity index (χ1v) is 16.4. The third-order valence-corrected chi connectivity index (χ3v) is 9.11. The fourth-order valence-electron chi connectivity index (χ4n) is 6.60. The number of aryl methyl sites for hydroxylation is 1. The first-order valence-electron chi connectivity index (χ1n) is 16.0. The van der Waals surface area contributed by atoms with Crippen LogP contribution in [0.25, 0.3) is 11.1 Å².